The predicted molar refractivity (Wildman–Crippen MR) is 113 cm³/mol. The summed E-state index contributed by atoms with van der Waals surface area (Å²) in [5.41, 5.74) is 0.694. The van der Waals surface area contributed by atoms with Crippen molar-refractivity contribution >= 4 is 23.1 Å². The van der Waals surface area contributed by atoms with E-state index in [0.717, 1.165) is 16.7 Å². The number of hydrogen-bond acceptors (Lipinski definition) is 6. The number of aromatic nitrogens is 4. The number of rotatable bonds is 5. The Morgan fingerprint density at radius 1 is 1.20 bits per heavy atom. The van der Waals surface area contributed by atoms with Crippen LogP contribution in [0.2, 0.25) is 0 Å². The van der Waals surface area contributed by atoms with Crippen molar-refractivity contribution in [3.8, 4) is 0 Å². The highest BCUT2D eigenvalue weighted by Gasteiger charge is 2.29. The largest absolute Gasteiger partial charge is 0.465 e. The molecule has 0 amide bonds. The van der Waals surface area contributed by atoms with Gasteiger partial charge in [-0.15, -0.1) is 0 Å². The molecule has 2 aromatic heterocycles. The molecule has 1 atom stereocenters. The number of anilines is 1. The van der Waals surface area contributed by atoms with E-state index in [2.05, 4.69) is 16.8 Å². The summed E-state index contributed by atoms with van der Waals surface area (Å²) in [5, 5.41) is 0. The first-order chi connectivity index (χ1) is 14.4. The number of hydrogen-bond donors (Lipinski definition) is 0. The molecule has 30 heavy (non-hydrogen) atoms. The van der Waals surface area contributed by atoms with Crippen molar-refractivity contribution < 1.29 is 9.53 Å². The van der Waals surface area contributed by atoms with Crippen molar-refractivity contribution in [3.63, 3.8) is 0 Å². The molecular formula is C21H25N5O4. The highest BCUT2D eigenvalue weighted by molar-refractivity contribution is 5.76. The Morgan fingerprint density at radius 2 is 1.93 bits per heavy atom. The maximum absolute atomic E-state index is 13.2. The lowest BCUT2D eigenvalue weighted by Gasteiger charge is -2.33. The predicted octanol–water partition coefficient (Wildman–Crippen LogP) is 1.12. The molecule has 0 fully saturated rings. The number of imidazole rings is 1. The number of nitrogens with zero attached hydrogens (tertiary/aromatic N) is 5. The molecule has 158 valence electrons. The molecule has 1 aliphatic rings. The lowest BCUT2D eigenvalue weighted by Crippen LogP contribution is -2.42. The van der Waals surface area contributed by atoms with Gasteiger partial charge in [-0.3, -0.25) is 14.2 Å². The van der Waals surface area contributed by atoms with Crippen LogP contribution in [0.25, 0.3) is 11.2 Å². The lowest BCUT2D eigenvalue weighted by molar-refractivity contribution is -0.143. The van der Waals surface area contributed by atoms with Crippen molar-refractivity contribution in [1.29, 1.82) is 0 Å². The van der Waals surface area contributed by atoms with Crippen LogP contribution in [0.15, 0.2) is 39.9 Å². The Morgan fingerprint density at radius 3 is 2.63 bits per heavy atom. The quantitative estimate of drug-likeness (QED) is 0.585. The number of fused-ring (bicyclic) bond motifs is 3. The van der Waals surface area contributed by atoms with Gasteiger partial charge in [0.25, 0.3) is 5.56 Å². The first kappa shape index (κ1) is 19.9. The zero-order valence-corrected chi connectivity index (χ0v) is 17.4. The highest BCUT2D eigenvalue weighted by Crippen LogP contribution is 2.28. The molecule has 4 rings (SSSR count). The van der Waals surface area contributed by atoms with Crippen molar-refractivity contribution in [2.45, 2.75) is 33.5 Å². The van der Waals surface area contributed by atoms with Gasteiger partial charge in [-0.2, -0.15) is 4.98 Å². The van der Waals surface area contributed by atoms with Crippen molar-refractivity contribution in [1.82, 2.24) is 18.7 Å². The third-order valence-corrected chi connectivity index (χ3v) is 5.33. The van der Waals surface area contributed by atoms with Gasteiger partial charge in [-0.05, 0) is 18.4 Å². The van der Waals surface area contributed by atoms with Gasteiger partial charge >= 0.3 is 11.7 Å². The van der Waals surface area contributed by atoms with Crippen LogP contribution in [-0.4, -0.2) is 37.8 Å². The molecule has 1 aliphatic heterocycles. The Kier molecular flexibility index (Phi) is 5.19. The first-order valence-corrected chi connectivity index (χ1v) is 10.0. The number of carbonyl (C=O) groups excluding carboxylic acids is 1. The summed E-state index contributed by atoms with van der Waals surface area (Å²) in [4.78, 5) is 44.7. The maximum atomic E-state index is 13.2. The van der Waals surface area contributed by atoms with Crippen molar-refractivity contribution in [3.05, 3.63) is 56.7 Å². The lowest BCUT2D eigenvalue weighted by atomic mass is 10.1. The summed E-state index contributed by atoms with van der Waals surface area (Å²) in [6.07, 6.45) is 0. The van der Waals surface area contributed by atoms with E-state index >= 15 is 0 Å². The van der Waals surface area contributed by atoms with E-state index in [-0.39, 0.29) is 12.5 Å². The van der Waals surface area contributed by atoms with E-state index in [9.17, 15) is 14.4 Å². The average molecular weight is 411 g/mol. The van der Waals surface area contributed by atoms with Crippen LogP contribution in [0, 0.1) is 5.92 Å². The normalized spacial score (nSPS) is 16.0. The van der Waals surface area contributed by atoms with E-state index in [0.29, 0.717) is 30.2 Å². The minimum absolute atomic E-state index is 0.185. The molecule has 3 aromatic rings. The molecule has 9 nitrogen and oxygen atoms in total. The smallest absolute Gasteiger partial charge is 0.333 e. The summed E-state index contributed by atoms with van der Waals surface area (Å²) < 4.78 is 9.05. The Hall–Kier alpha value is -3.36. The standard InChI is InChI=1S/C21H25N5O4/c1-4-30-16(27)13-26-19(28)17-18(23(3)21(26)29)22-20-24(10-14(2)11-25(17)20)12-15-8-6-5-7-9-15/h5-9,14H,4,10-13H2,1-3H3/t14-/m1/s1. The molecule has 0 saturated heterocycles. The summed E-state index contributed by atoms with van der Waals surface area (Å²) in [6.45, 7) is 5.62. The fourth-order valence-electron chi connectivity index (χ4n) is 4.02. The summed E-state index contributed by atoms with van der Waals surface area (Å²) >= 11 is 0. The van der Waals surface area contributed by atoms with Gasteiger partial charge in [0, 0.05) is 26.7 Å². The van der Waals surface area contributed by atoms with Gasteiger partial charge in [-0.1, -0.05) is 37.3 Å². The van der Waals surface area contributed by atoms with Crippen LogP contribution >= 0.6 is 0 Å². The molecule has 9 heteroatoms. The van der Waals surface area contributed by atoms with E-state index in [1.807, 2.05) is 34.9 Å². The average Bonchev–Trinajstić information content (AvgIpc) is 3.10. The molecule has 1 aromatic carbocycles. The third kappa shape index (κ3) is 3.40. The second kappa shape index (κ2) is 7.81. The summed E-state index contributed by atoms with van der Waals surface area (Å²) in [5.74, 6) is 0.329. The number of benzene rings is 1. The highest BCUT2D eigenvalue weighted by atomic mass is 16.5. The SMILES string of the molecule is CCOC(=O)Cn1c(=O)c2c(nc3n2C[C@H](C)CN3Cc2ccccc2)n(C)c1=O. The minimum atomic E-state index is -0.617. The molecule has 0 N–H and O–H groups in total. The van der Waals surface area contributed by atoms with Gasteiger partial charge < -0.3 is 14.2 Å². The van der Waals surface area contributed by atoms with Crippen LogP contribution in [0.4, 0.5) is 5.95 Å². The zero-order chi connectivity index (χ0) is 21.4. The van der Waals surface area contributed by atoms with E-state index in [1.54, 1.807) is 14.0 Å². The number of aryl methyl sites for hydroxylation is 1. The van der Waals surface area contributed by atoms with Crippen molar-refractivity contribution in [2.24, 2.45) is 13.0 Å². The van der Waals surface area contributed by atoms with Gasteiger partial charge in [0.05, 0.1) is 6.61 Å². The topological polar surface area (TPSA) is 91.4 Å². The molecule has 0 saturated carbocycles. The fourth-order valence-corrected chi connectivity index (χ4v) is 4.02. The molecule has 0 unspecified atom stereocenters. The summed E-state index contributed by atoms with van der Waals surface area (Å²) in [7, 11) is 1.57. The van der Waals surface area contributed by atoms with Crippen molar-refractivity contribution in [2.75, 3.05) is 18.1 Å². The fraction of sp³-hybridized carbons (Fsp3) is 0.429. The second-order valence-corrected chi connectivity index (χ2v) is 7.70. The third-order valence-electron chi connectivity index (χ3n) is 5.33. The Bertz CT molecular complexity index is 1210. The second-order valence-electron chi connectivity index (χ2n) is 7.70. The van der Waals surface area contributed by atoms with Gasteiger partial charge in [0.1, 0.15) is 6.54 Å². The number of carbonyl (C=O) groups is 1. The molecule has 0 spiro atoms. The minimum Gasteiger partial charge on any atom is -0.465 e. The zero-order valence-electron chi connectivity index (χ0n) is 17.4. The molecule has 0 radical (unpaired) electrons. The van der Waals surface area contributed by atoms with Gasteiger partial charge in [-0.25, -0.2) is 9.36 Å². The summed E-state index contributed by atoms with van der Waals surface area (Å²) in [6, 6.07) is 10.1. The molecular weight excluding hydrogens is 386 g/mol. The van der Waals surface area contributed by atoms with E-state index in [4.69, 9.17) is 4.74 Å². The van der Waals surface area contributed by atoms with Gasteiger partial charge in [0.2, 0.25) is 5.95 Å². The van der Waals surface area contributed by atoms with Crippen LogP contribution in [0.3, 0.4) is 0 Å². The Balaban J connectivity index is 1.86. The Labute approximate surface area is 173 Å². The monoisotopic (exact) mass is 411 g/mol. The maximum Gasteiger partial charge on any atom is 0.333 e. The molecule has 0 bridgehead atoms. The number of esters is 1. The van der Waals surface area contributed by atoms with Gasteiger partial charge in [0.15, 0.2) is 11.2 Å². The molecule has 3 heterocycles. The van der Waals surface area contributed by atoms with Crippen LogP contribution in [-0.2, 0) is 36.2 Å². The van der Waals surface area contributed by atoms with E-state index in [1.165, 1.54) is 4.57 Å². The van der Waals surface area contributed by atoms with Crippen LogP contribution in [0.5, 0.6) is 0 Å². The van der Waals surface area contributed by atoms with E-state index < -0.39 is 23.8 Å². The number of ether oxygens (including phenoxy) is 1. The first-order valence-electron chi connectivity index (χ1n) is 10.0. The molecule has 0 aliphatic carbocycles. The van der Waals surface area contributed by atoms with Crippen LogP contribution < -0.4 is 16.1 Å². The van der Waals surface area contributed by atoms with Crippen LogP contribution in [0.1, 0.15) is 19.4 Å².